The third-order valence-electron chi connectivity index (χ3n) is 4.56. The van der Waals surface area contributed by atoms with Gasteiger partial charge in [0, 0.05) is 38.9 Å². The second-order valence-electron chi connectivity index (χ2n) is 6.79. The molecule has 2 amide bonds. The summed E-state index contributed by atoms with van der Waals surface area (Å²) in [7, 11) is 6.74. The predicted molar refractivity (Wildman–Crippen MR) is 105 cm³/mol. The highest BCUT2D eigenvalue weighted by Crippen LogP contribution is 2.28. The first-order valence-electron chi connectivity index (χ1n) is 8.98. The van der Waals surface area contributed by atoms with Gasteiger partial charge in [-0.3, -0.25) is 14.3 Å². The summed E-state index contributed by atoms with van der Waals surface area (Å²) in [5.41, 5.74) is 3.68. The van der Waals surface area contributed by atoms with Crippen molar-refractivity contribution in [3.8, 4) is 11.5 Å². The smallest absolute Gasteiger partial charge is 0.259 e. The number of aryl methyl sites for hydroxylation is 2. The molecule has 0 spiro atoms. The van der Waals surface area contributed by atoms with Gasteiger partial charge >= 0.3 is 0 Å². The number of aromatic nitrogens is 2. The number of carbonyl (C=O) groups is 2. The van der Waals surface area contributed by atoms with Gasteiger partial charge in [-0.1, -0.05) is 6.07 Å². The Morgan fingerprint density at radius 1 is 1.21 bits per heavy atom. The quantitative estimate of drug-likeness (QED) is 0.738. The van der Waals surface area contributed by atoms with Crippen LogP contribution in [0.1, 0.15) is 22.5 Å². The first-order chi connectivity index (χ1) is 13.2. The van der Waals surface area contributed by atoms with Crippen LogP contribution in [0.3, 0.4) is 0 Å². The van der Waals surface area contributed by atoms with Crippen LogP contribution in [0.5, 0.6) is 11.5 Å². The minimum Gasteiger partial charge on any atom is -0.493 e. The van der Waals surface area contributed by atoms with Crippen molar-refractivity contribution in [3.63, 3.8) is 0 Å². The first-order valence-corrected chi connectivity index (χ1v) is 8.98. The number of benzene rings is 1. The third kappa shape index (κ3) is 5.25. The summed E-state index contributed by atoms with van der Waals surface area (Å²) in [6.45, 7) is 4.15. The molecular formula is C20H28N4O4. The van der Waals surface area contributed by atoms with Gasteiger partial charge in [-0.2, -0.15) is 5.10 Å². The van der Waals surface area contributed by atoms with Gasteiger partial charge in [-0.15, -0.1) is 0 Å². The predicted octanol–water partition coefficient (Wildman–Crippen LogP) is 1.37. The van der Waals surface area contributed by atoms with Crippen molar-refractivity contribution in [1.29, 1.82) is 0 Å². The van der Waals surface area contributed by atoms with Crippen molar-refractivity contribution < 1.29 is 19.1 Å². The van der Waals surface area contributed by atoms with Crippen LogP contribution >= 0.6 is 0 Å². The van der Waals surface area contributed by atoms with Crippen LogP contribution in [0.15, 0.2) is 18.2 Å². The Morgan fingerprint density at radius 2 is 1.93 bits per heavy atom. The Hall–Kier alpha value is -3.03. The molecule has 8 heteroatoms. The number of nitrogens with zero attached hydrogens (tertiary/aromatic N) is 3. The monoisotopic (exact) mass is 388 g/mol. The molecule has 1 aromatic carbocycles. The number of hydrogen-bond donors (Lipinski definition) is 1. The van der Waals surface area contributed by atoms with Gasteiger partial charge < -0.3 is 19.7 Å². The van der Waals surface area contributed by atoms with Gasteiger partial charge in [0.2, 0.25) is 5.91 Å². The number of likely N-dealkylation sites (N-methyl/N-ethyl adjacent to an activating group) is 1. The van der Waals surface area contributed by atoms with Gasteiger partial charge in [-0.25, -0.2) is 0 Å². The molecule has 2 aromatic rings. The van der Waals surface area contributed by atoms with Gasteiger partial charge in [0.25, 0.3) is 5.91 Å². The summed E-state index contributed by atoms with van der Waals surface area (Å²) >= 11 is 0. The molecule has 0 aliphatic rings. The fraction of sp³-hybridized carbons (Fsp3) is 0.450. The van der Waals surface area contributed by atoms with E-state index in [1.807, 2.05) is 27.0 Å². The second kappa shape index (κ2) is 9.25. The van der Waals surface area contributed by atoms with Crippen molar-refractivity contribution in [1.82, 2.24) is 20.0 Å². The van der Waals surface area contributed by atoms with E-state index in [1.165, 1.54) is 12.0 Å². The highest BCUT2D eigenvalue weighted by molar-refractivity contribution is 5.79. The molecule has 1 N–H and O–H groups in total. The molecule has 0 fully saturated rings. The highest BCUT2D eigenvalue weighted by atomic mass is 16.5. The lowest BCUT2D eigenvalue weighted by Crippen LogP contribution is -2.27. The molecule has 0 aliphatic carbocycles. The van der Waals surface area contributed by atoms with E-state index in [2.05, 4.69) is 10.4 Å². The van der Waals surface area contributed by atoms with E-state index in [-0.39, 0.29) is 24.8 Å². The molecular weight excluding hydrogens is 360 g/mol. The number of rotatable bonds is 8. The highest BCUT2D eigenvalue weighted by Gasteiger charge is 2.14. The maximum Gasteiger partial charge on any atom is 0.259 e. The maximum absolute atomic E-state index is 12.3. The average Bonchev–Trinajstić information content (AvgIpc) is 2.90. The van der Waals surface area contributed by atoms with Gasteiger partial charge in [0.05, 0.1) is 19.2 Å². The van der Waals surface area contributed by atoms with E-state index in [4.69, 9.17) is 9.47 Å². The molecule has 0 aliphatic heterocycles. The molecule has 0 saturated heterocycles. The molecule has 0 saturated carbocycles. The van der Waals surface area contributed by atoms with E-state index in [0.717, 1.165) is 22.5 Å². The lowest BCUT2D eigenvalue weighted by Gasteiger charge is -2.14. The van der Waals surface area contributed by atoms with Gasteiger partial charge in [0.1, 0.15) is 0 Å². The molecule has 28 heavy (non-hydrogen) atoms. The molecule has 0 bridgehead atoms. The Labute approximate surface area is 165 Å². The zero-order valence-electron chi connectivity index (χ0n) is 17.3. The van der Waals surface area contributed by atoms with Crippen LogP contribution in [0, 0.1) is 13.8 Å². The number of amides is 2. The van der Waals surface area contributed by atoms with Crippen LogP contribution in [0.25, 0.3) is 0 Å². The third-order valence-corrected chi connectivity index (χ3v) is 4.56. The molecule has 0 unspecified atom stereocenters. The molecule has 1 aromatic heterocycles. The molecule has 0 radical (unpaired) electrons. The molecule has 8 nitrogen and oxygen atoms in total. The summed E-state index contributed by atoms with van der Waals surface area (Å²) in [5.74, 6) is 0.779. The van der Waals surface area contributed by atoms with E-state index in [9.17, 15) is 9.59 Å². The lowest BCUT2D eigenvalue weighted by atomic mass is 10.1. The lowest BCUT2D eigenvalue weighted by molar-refractivity contribution is -0.130. The van der Waals surface area contributed by atoms with Crippen LogP contribution in [0.4, 0.5) is 0 Å². The average molecular weight is 388 g/mol. The summed E-state index contributed by atoms with van der Waals surface area (Å²) in [5, 5.41) is 7.25. The number of nitrogens with one attached hydrogen (secondary N) is 1. The topological polar surface area (TPSA) is 85.7 Å². The normalized spacial score (nSPS) is 10.5. The molecule has 152 valence electrons. The van der Waals surface area contributed by atoms with E-state index < -0.39 is 0 Å². The van der Waals surface area contributed by atoms with Gasteiger partial charge in [-0.05, 0) is 31.5 Å². The summed E-state index contributed by atoms with van der Waals surface area (Å²) < 4.78 is 12.6. The van der Waals surface area contributed by atoms with Crippen LogP contribution in [-0.4, -0.2) is 54.3 Å². The van der Waals surface area contributed by atoms with Crippen LogP contribution < -0.4 is 14.8 Å². The Kier molecular flexibility index (Phi) is 7.03. The number of methoxy groups -OCH3 is 1. The van der Waals surface area contributed by atoms with Gasteiger partial charge in [0.15, 0.2) is 18.1 Å². The molecule has 1 heterocycles. The summed E-state index contributed by atoms with van der Waals surface area (Å²) in [6.07, 6.45) is 0.288. The van der Waals surface area contributed by atoms with Crippen molar-refractivity contribution in [2.24, 2.45) is 7.05 Å². The zero-order chi connectivity index (χ0) is 20.8. The van der Waals surface area contributed by atoms with Crippen LogP contribution in [-0.2, 0) is 29.6 Å². The Bertz CT molecular complexity index is 858. The largest absolute Gasteiger partial charge is 0.493 e. The Balaban J connectivity index is 1.96. The summed E-state index contributed by atoms with van der Waals surface area (Å²) in [6, 6.07) is 5.35. The standard InChI is InChI=1S/C20H28N4O4/c1-13-16(14(2)24(5)22-13)10-19(25)21-11-15-7-8-17(18(9-15)27-6)28-12-20(26)23(3)4/h7-9H,10-12H2,1-6H3,(H,21,25). The molecule has 2 rings (SSSR count). The van der Waals surface area contributed by atoms with E-state index in [1.54, 1.807) is 30.9 Å². The minimum absolute atomic E-state index is 0.0662. The first kappa shape index (κ1) is 21.3. The fourth-order valence-electron chi connectivity index (χ4n) is 2.71. The number of carbonyl (C=O) groups excluding carboxylic acids is 2. The Morgan fingerprint density at radius 3 is 2.50 bits per heavy atom. The zero-order valence-corrected chi connectivity index (χ0v) is 17.3. The second-order valence-corrected chi connectivity index (χ2v) is 6.79. The van der Waals surface area contributed by atoms with E-state index in [0.29, 0.717) is 18.0 Å². The summed E-state index contributed by atoms with van der Waals surface area (Å²) in [4.78, 5) is 25.4. The SMILES string of the molecule is COc1cc(CNC(=O)Cc2c(C)nn(C)c2C)ccc1OCC(=O)N(C)C. The van der Waals surface area contributed by atoms with E-state index >= 15 is 0 Å². The van der Waals surface area contributed by atoms with Crippen molar-refractivity contribution >= 4 is 11.8 Å². The number of hydrogen-bond acceptors (Lipinski definition) is 5. The fourth-order valence-corrected chi connectivity index (χ4v) is 2.71. The van der Waals surface area contributed by atoms with Crippen molar-refractivity contribution in [2.45, 2.75) is 26.8 Å². The van der Waals surface area contributed by atoms with Crippen LogP contribution in [0.2, 0.25) is 0 Å². The maximum atomic E-state index is 12.3. The number of ether oxygens (including phenoxy) is 2. The van der Waals surface area contributed by atoms with Crippen molar-refractivity contribution in [2.75, 3.05) is 27.8 Å². The molecule has 0 atom stereocenters. The minimum atomic E-state index is -0.139. The van der Waals surface area contributed by atoms with Crippen molar-refractivity contribution in [3.05, 3.63) is 40.7 Å².